The minimum absolute atomic E-state index is 0.281. The van der Waals surface area contributed by atoms with Crippen molar-refractivity contribution >= 4 is 5.82 Å². The summed E-state index contributed by atoms with van der Waals surface area (Å²) in [6, 6.07) is 8.64. The van der Waals surface area contributed by atoms with E-state index in [1.165, 1.54) is 0 Å². The normalized spacial score (nSPS) is 12.6. The first-order valence-electron chi connectivity index (χ1n) is 4.83. The summed E-state index contributed by atoms with van der Waals surface area (Å²) in [5, 5.41) is 22.2. The molecule has 1 atom stereocenters. The summed E-state index contributed by atoms with van der Waals surface area (Å²) >= 11 is 0. The number of aliphatic hydroxyl groups excluding tert-OH is 2. The third-order valence-electron chi connectivity index (χ3n) is 2.29. The van der Waals surface area contributed by atoms with Gasteiger partial charge in [0.15, 0.2) is 11.6 Å². The van der Waals surface area contributed by atoms with Crippen LogP contribution in [-0.2, 0) is 0 Å². The second kappa shape index (κ2) is 4.34. The molecule has 2 aromatic rings. The van der Waals surface area contributed by atoms with Gasteiger partial charge in [0.05, 0.1) is 6.61 Å². The molecule has 2 rings (SSSR count). The predicted octanol–water partition coefficient (Wildman–Crippen LogP) is 0.950. The SMILES string of the molecule is Nc1cc(-c2ccccc2C(O)CO)on1. The maximum atomic E-state index is 9.63. The minimum atomic E-state index is -0.942. The molecule has 16 heavy (non-hydrogen) atoms. The molecule has 0 aliphatic rings. The van der Waals surface area contributed by atoms with E-state index in [1.807, 2.05) is 6.07 Å². The molecular weight excluding hydrogens is 208 g/mol. The molecule has 0 aliphatic carbocycles. The Morgan fingerprint density at radius 2 is 2.12 bits per heavy atom. The number of anilines is 1. The minimum Gasteiger partial charge on any atom is -0.393 e. The van der Waals surface area contributed by atoms with E-state index in [1.54, 1.807) is 24.3 Å². The second-order valence-corrected chi connectivity index (χ2v) is 3.40. The summed E-state index contributed by atoms with van der Waals surface area (Å²) in [6.45, 7) is -0.347. The van der Waals surface area contributed by atoms with Crippen molar-refractivity contribution in [3.63, 3.8) is 0 Å². The molecule has 5 heteroatoms. The van der Waals surface area contributed by atoms with Gasteiger partial charge in [0, 0.05) is 11.6 Å². The lowest BCUT2D eigenvalue weighted by Gasteiger charge is -2.10. The first-order valence-corrected chi connectivity index (χ1v) is 4.83. The molecule has 0 amide bonds. The molecule has 5 nitrogen and oxygen atoms in total. The number of nitrogen functional groups attached to an aromatic ring is 1. The molecule has 84 valence electrons. The Morgan fingerprint density at radius 1 is 1.38 bits per heavy atom. The number of aliphatic hydroxyl groups is 2. The van der Waals surface area contributed by atoms with Gasteiger partial charge in [-0.25, -0.2) is 0 Å². The monoisotopic (exact) mass is 220 g/mol. The van der Waals surface area contributed by atoms with Gasteiger partial charge in [-0.2, -0.15) is 0 Å². The van der Waals surface area contributed by atoms with Crippen molar-refractivity contribution in [2.45, 2.75) is 6.10 Å². The molecule has 1 heterocycles. The van der Waals surface area contributed by atoms with Crippen LogP contribution in [0.5, 0.6) is 0 Å². The molecule has 4 N–H and O–H groups in total. The van der Waals surface area contributed by atoms with Crippen LogP contribution >= 0.6 is 0 Å². The lowest BCUT2D eigenvalue weighted by atomic mass is 10.0. The Hall–Kier alpha value is -1.85. The zero-order valence-corrected chi connectivity index (χ0v) is 8.50. The van der Waals surface area contributed by atoms with E-state index in [-0.39, 0.29) is 12.4 Å². The quantitative estimate of drug-likeness (QED) is 0.716. The third kappa shape index (κ3) is 1.91. The zero-order chi connectivity index (χ0) is 11.5. The van der Waals surface area contributed by atoms with Crippen LogP contribution in [0.2, 0.25) is 0 Å². The van der Waals surface area contributed by atoms with E-state index in [2.05, 4.69) is 5.16 Å². The van der Waals surface area contributed by atoms with E-state index < -0.39 is 6.10 Å². The van der Waals surface area contributed by atoms with E-state index in [9.17, 15) is 5.11 Å². The fourth-order valence-corrected chi connectivity index (χ4v) is 1.53. The number of rotatable bonds is 3. The predicted molar refractivity (Wildman–Crippen MR) is 58.4 cm³/mol. The number of hydrogen-bond donors (Lipinski definition) is 3. The first kappa shape index (κ1) is 10.7. The molecule has 1 aromatic carbocycles. The number of hydrogen-bond acceptors (Lipinski definition) is 5. The second-order valence-electron chi connectivity index (χ2n) is 3.40. The van der Waals surface area contributed by atoms with Crippen molar-refractivity contribution in [1.29, 1.82) is 0 Å². The average Bonchev–Trinajstić information content (AvgIpc) is 2.75. The summed E-state index contributed by atoms with van der Waals surface area (Å²) in [5.41, 5.74) is 6.72. The maximum absolute atomic E-state index is 9.63. The van der Waals surface area contributed by atoms with Crippen LogP contribution in [0.15, 0.2) is 34.9 Å². The summed E-state index contributed by atoms with van der Waals surface area (Å²) in [7, 11) is 0. The highest BCUT2D eigenvalue weighted by Crippen LogP contribution is 2.28. The molecule has 0 saturated carbocycles. The maximum Gasteiger partial charge on any atom is 0.169 e. The lowest BCUT2D eigenvalue weighted by Crippen LogP contribution is -2.03. The highest BCUT2D eigenvalue weighted by Gasteiger charge is 2.15. The van der Waals surface area contributed by atoms with Gasteiger partial charge in [0.2, 0.25) is 0 Å². The molecule has 0 saturated heterocycles. The fourth-order valence-electron chi connectivity index (χ4n) is 1.53. The van der Waals surface area contributed by atoms with Crippen LogP contribution in [0.25, 0.3) is 11.3 Å². The standard InChI is InChI=1S/C11H12N2O3/c12-11-5-10(16-13-11)8-4-2-1-3-7(8)9(15)6-14/h1-5,9,14-15H,6H2,(H2,12,13). The van der Waals surface area contributed by atoms with Crippen molar-refractivity contribution < 1.29 is 14.7 Å². The molecular formula is C11H12N2O3. The van der Waals surface area contributed by atoms with Crippen LogP contribution in [0.3, 0.4) is 0 Å². The van der Waals surface area contributed by atoms with Crippen molar-refractivity contribution in [2.24, 2.45) is 0 Å². The van der Waals surface area contributed by atoms with Gasteiger partial charge in [0.25, 0.3) is 0 Å². The van der Waals surface area contributed by atoms with Crippen molar-refractivity contribution in [3.05, 3.63) is 35.9 Å². The summed E-state index contributed by atoms with van der Waals surface area (Å²) < 4.78 is 5.02. The molecule has 1 aromatic heterocycles. The van der Waals surface area contributed by atoms with Gasteiger partial charge in [-0.15, -0.1) is 0 Å². The van der Waals surface area contributed by atoms with Crippen LogP contribution in [0, 0.1) is 0 Å². The van der Waals surface area contributed by atoms with Crippen LogP contribution in [-0.4, -0.2) is 22.0 Å². The van der Waals surface area contributed by atoms with Crippen molar-refractivity contribution in [3.8, 4) is 11.3 Å². The smallest absolute Gasteiger partial charge is 0.169 e. The number of nitrogens with two attached hydrogens (primary N) is 1. The summed E-state index contributed by atoms with van der Waals surface area (Å²) in [4.78, 5) is 0. The number of aromatic nitrogens is 1. The lowest BCUT2D eigenvalue weighted by molar-refractivity contribution is 0.0959. The summed E-state index contributed by atoms with van der Waals surface area (Å²) in [5.74, 6) is 0.754. The van der Waals surface area contributed by atoms with Gasteiger partial charge in [-0.05, 0) is 5.56 Å². The number of benzene rings is 1. The van der Waals surface area contributed by atoms with E-state index in [0.29, 0.717) is 16.9 Å². The Bertz CT molecular complexity index is 482. The largest absolute Gasteiger partial charge is 0.393 e. The zero-order valence-electron chi connectivity index (χ0n) is 8.50. The molecule has 0 bridgehead atoms. The summed E-state index contributed by atoms with van der Waals surface area (Å²) in [6.07, 6.45) is -0.942. The van der Waals surface area contributed by atoms with E-state index in [4.69, 9.17) is 15.4 Å². The Balaban J connectivity index is 2.48. The van der Waals surface area contributed by atoms with Gasteiger partial charge in [-0.3, -0.25) is 0 Å². The van der Waals surface area contributed by atoms with Crippen LogP contribution in [0.4, 0.5) is 5.82 Å². The molecule has 0 spiro atoms. The average molecular weight is 220 g/mol. The highest BCUT2D eigenvalue weighted by atomic mass is 16.5. The van der Waals surface area contributed by atoms with Gasteiger partial charge < -0.3 is 20.5 Å². The Morgan fingerprint density at radius 3 is 2.75 bits per heavy atom. The third-order valence-corrected chi connectivity index (χ3v) is 2.29. The highest BCUT2D eigenvalue weighted by molar-refractivity contribution is 5.64. The number of nitrogens with zero attached hydrogens (tertiary/aromatic N) is 1. The van der Waals surface area contributed by atoms with E-state index >= 15 is 0 Å². The first-order chi connectivity index (χ1) is 7.72. The Kier molecular flexibility index (Phi) is 2.89. The van der Waals surface area contributed by atoms with Gasteiger partial charge in [-0.1, -0.05) is 29.4 Å². The van der Waals surface area contributed by atoms with Crippen LogP contribution in [0.1, 0.15) is 11.7 Å². The molecule has 0 fully saturated rings. The van der Waals surface area contributed by atoms with Crippen molar-refractivity contribution in [1.82, 2.24) is 5.16 Å². The van der Waals surface area contributed by atoms with E-state index in [0.717, 1.165) is 0 Å². The topological polar surface area (TPSA) is 92.5 Å². The van der Waals surface area contributed by atoms with Gasteiger partial charge in [0.1, 0.15) is 6.10 Å². The molecule has 0 aliphatic heterocycles. The Labute approximate surface area is 92.1 Å². The molecule has 0 radical (unpaired) electrons. The van der Waals surface area contributed by atoms with Gasteiger partial charge >= 0.3 is 0 Å². The van der Waals surface area contributed by atoms with Crippen molar-refractivity contribution in [2.75, 3.05) is 12.3 Å². The fraction of sp³-hybridized carbons (Fsp3) is 0.182. The molecule has 1 unspecified atom stereocenters. The van der Waals surface area contributed by atoms with Crippen LogP contribution < -0.4 is 5.73 Å².